The highest BCUT2D eigenvalue weighted by Crippen LogP contribution is 2.04. The van der Waals surface area contributed by atoms with Gasteiger partial charge in [0.1, 0.15) is 0 Å². The van der Waals surface area contributed by atoms with Gasteiger partial charge in [-0.05, 0) is 29.7 Å². The maximum Gasteiger partial charge on any atom is 0.251 e. The summed E-state index contributed by atoms with van der Waals surface area (Å²) in [5.41, 5.74) is 1.65. The Morgan fingerprint density at radius 3 is 2.78 bits per heavy atom. The zero-order chi connectivity index (χ0) is 17.4. The first-order valence-corrected chi connectivity index (χ1v) is 8.18. The highest BCUT2D eigenvalue weighted by Gasteiger charge is 2.10. The fourth-order valence-electron chi connectivity index (χ4n) is 2.47. The van der Waals surface area contributed by atoms with Crippen molar-refractivity contribution in [3.8, 4) is 0 Å². The number of methoxy groups -OCH3 is 1. The third-order valence-corrected chi connectivity index (χ3v) is 4.09. The van der Waals surface area contributed by atoms with Gasteiger partial charge < -0.3 is 15.0 Å². The molecule has 0 aliphatic rings. The Balaban J connectivity index is 3.07. The zero-order valence-electron chi connectivity index (χ0n) is 15.1. The fourth-order valence-corrected chi connectivity index (χ4v) is 2.47. The summed E-state index contributed by atoms with van der Waals surface area (Å²) in [4.78, 5) is 14.5. The Bertz CT molecular complexity index is 625. The molecule has 1 unspecified atom stereocenters. The van der Waals surface area contributed by atoms with Crippen LogP contribution in [0.25, 0.3) is 12.8 Å². The van der Waals surface area contributed by atoms with Gasteiger partial charge in [-0.1, -0.05) is 32.9 Å². The van der Waals surface area contributed by atoms with Crippen LogP contribution in [0.5, 0.6) is 0 Å². The van der Waals surface area contributed by atoms with E-state index in [2.05, 4.69) is 43.9 Å². The third-order valence-electron chi connectivity index (χ3n) is 4.09. The van der Waals surface area contributed by atoms with E-state index in [1.807, 2.05) is 19.1 Å². The maximum atomic E-state index is 12.3. The highest BCUT2D eigenvalue weighted by atomic mass is 16.5. The number of nitrogens with one attached hydrogen (secondary N) is 1. The molecule has 1 atom stereocenters. The highest BCUT2D eigenvalue weighted by molar-refractivity contribution is 5.95. The maximum absolute atomic E-state index is 12.3. The number of carbonyl (C=O) groups excluding carboxylic acids is 1. The molecule has 1 aromatic carbocycles. The van der Waals surface area contributed by atoms with Gasteiger partial charge in [-0.3, -0.25) is 4.79 Å². The van der Waals surface area contributed by atoms with E-state index in [-0.39, 0.29) is 5.91 Å². The van der Waals surface area contributed by atoms with Crippen LogP contribution in [-0.4, -0.2) is 44.7 Å². The van der Waals surface area contributed by atoms with Gasteiger partial charge in [-0.15, -0.1) is 0 Å². The smallest absolute Gasteiger partial charge is 0.251 e. The van der Waals surface area contributed by atoms with E-state index in [1.54, 1.807) is 7.11 Å². The second-order valence-corrected chi connectivity index (χ2v) is 6.14. The number of amides is 1. The van der Waals surface area contributed by atoms with Crippen molar-refractivity contribution in [2.45, 2.75) is 27.2 Å². The molecular weight excluding hydrogens is 288 g/mol. The van der Waals surface area contributed by atoms with Gasteiger partial charge in [-0.25, -0.2) is 0 Å². The van der Waals surface area contributed by atoms with Crippen LogP contribution < -0.4 is 15.8 Å². The van der Waals surface area contributed by atoms with E-state index in [4.69, 9.17) is 4.74 Å². The molecule has 0 bridgehead atoms. The number of ether oxygens (including phenoxy) is 1. The number of hydrogen-bond acceptors (Lipinski definition) is 3. The quantitative estimate of drug-likeness (QED) is 0.739. The van der Waals surface area contributed by atoms with Crippen molar-refractivity contribution in [1.29, 1.82) is 0 Å². The number of nitrogens with zero attached hydrogens (tertiary/aromatic N) is 1. The molecule has 1 amide bonds. The molecule has 0 radical (unpaired) electrons. The van der Waals surface area contributed by atoms with Crippen LogP contribution in [0.1, 0.15) is 36.2 Å². The second kappa shape index (κ2) is 9.36. The number of rotatable bonds is 8. The fraction of sp³-hybridized carbons (Fsp3) is 0.526. The summed E-state index contributed by atoms with van der Waals surface area (Å²) in [7, 11) is 3.69. The van der Waals surface area contributed by atoms with Gasteiger partial charge in [-0.2, -0.15) is 0 Å². The Labute approximate surface area is 139 Å². The van der Waals surface area contributed by atoms with Gasteiger partial charge in [0.25, 0.3) is 5.91 Å². The summed E-state index contributed by atoms with van der Waals surface area (Å²) in [6.07, 6.45) is 3.24. The molecule has 0 fully saturated rings. The van der Waals surface area contributed by atoms with E-state index in [0.29, 0.717) is 24.6 Å². The molecule has 1 N–H and O–H groups in total. The van der Waals surface area contributed by atoms with Gasteiger partial charge in [0.2, 0.25) is 0 Å². The third kappa shape index (κ3) is 5.71. The minimum Gasteiger partial charge on any atom is -0.383 e. The largest absolute Gasteiger partial charge is 0.383 e. The summed E-state index contributed by atoms with van der Waals surface area (Å²) in [6.45, 7) is 12.5. The predicted molar refractivity (Wildman–Crippen MR) is 96.7 cm³/mol. The Morgan fingerprint density at radius 2 is 2.17 bits per heavy atom. The molecule has 0 heterocycles. The Hall–Kier alpha value is -1.81. The molecule has 0 saturated heterocycles. The lowest BCUT2D eigenvalue weighted by Gasteiger charge is -2.19. The summed E-state index contributed by atoms with van der Waals surface area (Å²) >= 11 is 0. The van der Waals surface area contributed by atoms with Crippen molar-refractivity contribution >= 4 is 18.7 Å². The number of hydrogen-bond donors (Lipinski definition) is 1. The lowest BCUT2D eigenvalue weighted by molar-refractivity contribution is 0.0936. The number of carbonyl (C=O) groups is 1. The Kier molecular flexibility index (Phi) is 7.83. The molecule has 23 heavy (non-hydrogen) atoms. The molecule has 0 aromatic heterocycles. The first-order chi connectivity index (χ1) is 10.9. The normalized spacial score (nSPS) is 13.0. The van der Waals surface area contributed by atoms with Crippen molar-refractivity contribution in [1.82, 2.24) is 10.2 Å². The van der Waals surface area contributed by atoms with Crippen LogP contribution in [0.15, 0.2) is 12.1 Å². The van der Waals surface area contributed by atoms with E-state index in [1.165, 1.54) is 0 Å². The summed E-state index contributed by atoms with van der Waals surface area (Å²) in [5.74, 6) is 0.559. The first kappa shape index (κ1) is 19.2. The zero-order valence-corrected chi connectivity index (χ0v) is 15.1. The molecule has 4 heteroatoms. The SMILES string of the molecule is C=c1ccc(C(=O)NCCOC)c(C)/c1=C/N(C)CC(C)CC. The molecule has 0 aliphatic heterocycles. The van der Waals surface area contributed by atoms with Gasteiger partial charge in [0.15, 0.2) is 0 Å². The van der Waals surface area contributed by atoms with Crippen LogP contribution in [0.3, 0.4) is 0 Å². The summed E-state index contributed by atoms with van der Waals surface area (Å²) in [6, 6.07) is 3.74. The van der Waals surface area contributed by atoms with E-state index >= 15 is 0 Å². The molecular formula is C19H30N2O2. The lowest BCUT2D eigenvalue weighted by Crippen LogP contribution is -2.35. The van der Waals surface area contributed by atoms with Gasteiger partial charge >= 0.3 is 0 Å². The van der Waals surface area contributed by atoms with Crippen LogP contribution in [0, 0.1) is 12.8 Å². The average molecular weight is 318 g/mol. The van der Waals surface area contributed by atoms with Crippen molar-refractivity contribution in [3.05, 3.63) is 33.7 Å². The van der Waals surface area contributed by atoms with Crippen LogP contribution in [0.2, 0.25) is 0 Å². The predicted octanol–water partition coefficient (Wildman–Crippen LogP) is 1.50. The molecule has 0 spiro atoms. The van der Waals surface area contributed by atoms with Crippen LogP contribution in [-0.2, 0) is 4.74 Å². The minimum atomic E-state index is -0.0706. The molecule has 128 valence electrons. The van der Waals surface area contributed by atoms with Gasteiger partial charge in [0, 0.05) is 44.2 Å². The molecule has 1 aromatic rings. The van der Waals surface area contributed by atoms with E-state index in [9.17, 15) is 4.79 Å². The Morgan fingerprint density at radius 1 is 1.48 bits per heavy atom. The van der Waals surface area contributed by atoms with Gasteiger partial charge in [0.05, 0.1) is 6.61 Å². The topological polar surface area (TPSA) is 41.6 Å². The van der Waals surface area contributed by atoms with Crippen molar-refractivity contribution in [3.63, 3.8) is 0 Å². The van der Waals surface area contributed by atoms with Crippen molar-refractivity contribution in [2.75, 3.05) is 33.9 Å². The summed E-state index contributed by atoms with van der Waals surface area (Å²) in [5, 5.41) is 4.83. The van der Waals surface area contributed by atoms with Crippen LogP contribution in [0.4, 0.5) is 0 Å². The second-order valence-electron chi connectivity index (χ2n) is 6.14. The van der Waals surface area contributed by atoms with E-state index in [0.717, 1.165) is 29.0 Å². The molecule has 1 rings (SSSR count). The average Bonchev–Trinajstić information content (AvgIpc) is 2.51. The van der Waals surface area contributed by atoms with Crippen molar-refractivity contribution in [2.24, 2.45) is 5.92 Å². The number of benzene rings is 1. The molecule has 0 saturated carbocycles. The first-order valence-electron chi connectivity index (χ1n) is 8.18. The van der Waals surface area contributed by atoms with Crippen molar-refractivity contribution < 1.29 is 9.53 Å². The lowest BCUT2D eigenvalue weighted by atomic mass is 10.0. The van der Waals surface area contributed by atoms with Crippen LogP contribution >= 0.6 is 0 Å². The molecule has 0 aliphatic carbocycles. The molecule has 4 nitrogen and oxygen atoms in total. The standard InChI is InChI=1S/C19H30N2O2/c1-7-14(2)12-21(5)13-18-15(3)8-9-17(16(18)4)19(22)20-10-11-23-6/h8-9,13-14H,3,7,10-12H2,1-2,4-6H3,(H,20,22)/b18-13+. The minimum absolute atomic E-state index is 0.0706. The monoisotopic (exact) mass is 318 g/mol. The summed E-state index contributed by atoms with van der Waals surface area (Å²) < 4.78 is 4.96. The van der Waals surface area contributed by atoms with E-state index < -0.39 is 0 Å².